The number of methoxy groups -OCH3 is 1. The number of aromatic amines is 1. The number of piperidine rings is 1. The first-order valence-electron chi connectivity index (χ1n) is 21.0. The summed E-state index contributed by atoms with van der Waals surface area (Å²) in [6.07, 6.45) is 4.00. The minimum Gasteiger partial charge on any atom is -0.506 e. The summed E-state index contributed by atoms with van der Waals surface area (Å²) >= 11 is 0. The SMILES string of the molecule is CC.CC.CCN(CCNCC(O)c1ccc(O)c2[nH]c(=O)ccc12)C(=O)CCOCCc1cccc(CN2CCC3(CC2)CN(c2cc(OC)ccn2)CCO3)c1. The lowest BCUT2D eigenvalue weighted by Crippen LogP contribution is -2.57. The van der Waals surface area contributed by atoms with Crippen LogP contribution in [0.2, 0.25) is 0 Å². The number of rotatable bonds is 17. The van der Waals surface area contributed by atoms with Gasteiger partial charge in [0.25, 0.3) is 0 Å². The number of aromatic nitrogens is 2. The maximum atomic E-state index is 12.9. The molecule has 13 nitrogen and oxygen atoms in total. The zero-order valence-electron chi connectivity index (χ0n) is 35.5. The van der Waals surface area contributed by atoms with Crippen LogP contribution in [-0.4, -0.2) is 121 Å². The first kappa shape index (κ1) is 46.2. The molecule has 2 saturated heterocycles. The van der Waals surface area contributed by atoms with E-state index in [1.54, 1.807) is 30.3 Å². The minimum atomic E-state index is -0.857. The Morgan fingerprint density at radius 2 is 1.81 bits per heavy atom. The van der Waals surface area contributed by atoms with Crippen LogP contribution in [0.5, 0.6) is 11.5 Å². The lowest BCUT2D eigenvalue weighted by Gasteiger charge is -2.47. The number of nitrogens with zero attached hydrogens (tertiary/aromatic N) is 4. The lowest BCUT2D eigenvalue weighted by molar-refractivity contribution is -0.132. The predicted molar refractivity (Wildman–Crippen MR) is 231 cm³/mol. The fourth-order valence-corrected chi connectivity index (χ4v) is 7.48. The molecule has 318 valence electrons. The Kier molecular flexibility index (Phi) is 18.9. The molecular weight excluding hydrogens is 737 g/mol. The summed E-state index contributed by atoms with van der Waals surface area (Å²) < 4.78 is 17.7. The molecule has 2 aromatic heterocycles. The van der Waals surface area contributed by atoms with Gasteiger partial charge in [-0.1, -0.05) is 58.0 Å². The van der Waals surface area contributed by atoms with Gasteiger partial charge >= 0.3 is 0 Å². The lowest BCUT2D eigenvalue weighted by atomic mass is 9.89. The fourth-order valence-electron chi connectivity index (χ4n) is 7.48. The normalized spacial score (nSPS) is 15.5. The number of amides is 1. The Bertz CT molecular complexity index is 1900. The van der Waals surface area contributed by atoms with Gasteiger partial charge in [0.05, 0.1) is 50.6 Å². The zero-order valence-corrected chi connectivity index (χ0v) is 35.5. The van der Waals surface area contributed by atoms with Gasteiger partial charge < -0.3 is 44.5 Å². The van der Waals surface area contributed by atoms with Crippen LogP contribution in [0, 0.1) is 0 Å². The van der Waals surface area contributed by atoms with Crippen molar-refractivity contribution in [2.45, 2.75) is 78.6 Å². The molecule has 2 aliphatic heterocycles. The average molecular weight is 803 g/mol. The second kappa shape index (κ2) is 23.8. The number of likely N-dealkylation sites (tertiary alicyclic amines) is 1. The number of anilines is 1. The minimum absolute atomic E-state index is 0.0296. The fraction of sp³-hybridized carbons (Fsp3) is 0.533. The number of hydrogen-bond donors (Lipinski definition) is 4. The molecule has 0 aliphatic carbocycles. The number of aliphatic hydroxyl groups is 1. The zero-order chi connectivity index (χ0) is 41.9. The van der Waals surface area contributed by atoms with Gasteiger partial charge in [-0.05, 0) is 61.1 Å². The van der Waals surface area contributed by atoms with Gasteiger partial charge in [0.15, 0.2) is 0 Å². The number of aliphatic hydroxyl groups excluding tert-OH is 1. The van der Waals surface area contributed by atoms with Gasteiger partial charge in [0, 0.05) is 82.6 Å². The number of carbonyl (C=O) groups excluding carboxylic acids is 1. The number of likely N-dealkylation sites (N-methyl/N-ethyl adjacent to an activating group) is 1. The molecule has 4 aromatic rings. The van der Waals surface area contributed by atoms with Crippen molar-refractivity contribution < 1.29 is 29.2 Å². The van der Waals surface area contributed by atoms with Crippen molar-refractivity contribution >= 4 is 22.6 Å². The van der Waals surface area contributed by atoms with E-state index in [9.17, 15) is 19.8 Å². The molecule has 0 radical (unpaired) electrons. The Hall–Kier alpha value is -4.53. The topological polar surface area (TPSA) is 153 Å². The molecular formula is C45H66N6O7. The second-order valence-electron chi connectivity index (χ2n) is 14.2. The summed E-state index contributed by atoms with van der Waals surface area (Å²) in [5.74, 6) is 1.74. The maximum absolute atomic E-state index is 12.9. The van der Waals surface area contributed by atoms with E-state index in [4.69, 9.17) is 14.2 Å². The van der Waals surface area contributed by atoms with Crippen LogP contribution in [0.4, 0.5) is 5.82 Å². The van der Waals surface area contributed by atoms with E-state index in [0.717, 1.165) is 63.6 Å². The van der Waals surface area contributed by atoms with Crippen molar-refractivity contribution in [3.63, 3.8) is 0 Å². The van der Waals surface area contributed by atoms with Crippen LogP contribution in [0.15, 0.2) is 71.7 Å². The summed E-state index contributed by atoms with van der Waals surface area (Å²) in [5, 5.41) is 24.7. The number of ether oxygens (including phenoxy) is 3. The van der Waals surface area contributed by atoms with E-state index in [1.807, 2.05) is 46.8 Å². The number of phenols is 1. The average Bonchev–Trinajstić information content (AvgIpc) is 3.26. The summed E-state index contributed by atoms with van der Waals surface area (Å²) in [7, 11) is 1.68. The second-order valence-corrected chi connectivity index (χ2v) is 14.2. The van der Waals surface area contributed by atoms with Crippen molar-refractivity contribution in [1.82, 2.24) is 25.1 Å². The highest BCUT2D eigenvalue weighted by Gasteiger charge is 2.40. The van der Waals surface area contributed by atoms with Gasteiger partial charge in [0.2, 0.25) is 11.5 Å². The molecule has 1 amide bonds. The third-order valence-electron chi connectivity index (χ3n) is 10.6. The van der Waals surface area contributed by atoms with Gasteiger partial charge in [-0.25, -0.2) is 4.98 Å². The standard InChI is InChI=1S/C41H54N6O7.2C2H6/c1-3-46(20-17-42-27-36(49)33-7-9-35(48)40-34(33)8-10-38(50)44-40)39(51)13-23-53-22-12-30-5-4-6-31(25-30)28-45-18-14-41(15-19-45)29-47(21-24-54-41)37-26-32(52-2)11-16-43-37;2*1-2/h4-11,16,25-26,36,42,48-49H,3,12-15,17-24,27-29H2,1-2H3,(H,44,50);2*1-2H3. The van der Waals surface area contributed by atoms with Gasteiger partial charge in [-0.3, -0.25) is 14.5 Å². The first-order chi connectivity index (χ1) is 28.3. The highest BCUT2D eigenvalue weighted by molar-refractivity contribution is 5.87. The number of fused-ring (bicyclic) bond motifs is 1. The van der Waals surface area contributed by atoms with Crippen molar-refractivity contribution in [2.24, 2.45) is 0 Å². The van der Waals surface area contributed by atoms with Crippen LogP contribution in [0.1, 0.15) is 76.7 Å². The molecule has 2 fully saturated rings. The summed E-state index contributed by atoms with van der Waals surface area (Å²) in [6, 6.07) is 18.6. The van der Waals surface area contributed by atoms with Gasteiger partial charge in [-0.2, -0.15) is 0 Å². The Balaban J connectivity index is 0.00000180. The Labute approximate surface area is 344 Å². The quantitative estimate of drug-likeness (QED) is 0.0977. The van der Waals surface area contributed by atoms with Crippen LogP contribution >= 0.6 is 0 Å². The number of nitrogens with one attached hydrogen (secondary N) is 2. The largest absolute Gasteiger partial charge is 0.506 e. The van der Waals surface area contributed by atoms with Crippen molar-refractivity contribution in [2.75, 3.05) is 84.2 Å². The Morgan fingerprint density at radius 3 is 2.57 bits per heavy atom. The van der Waals surface area contributed by atoms with Crippen LogP contribution in [-0.2, 0) is 27.2 Å². The first-order valence-corrected chi connectivity index (χ1v) is 21.0. The number of aromatic hydroxyl groups is 1. The molecule has 13 heteroatoms. The van der Waals surface area contributed by atoms with Crippen LogP contribution < -0.4 is 20.5 Å². The molecule has 1 unspecified atom stereocenters. The molecule has 2 aliphatic rings. The van der Waals surface area contributed by atoms with E-state index >= 15 is 0 Å². The van der Waals surface area contributed by atoms with E-state index < -0.39 is 6.10 Å². The van der Waals surface area contributed by atoms with Crippen molar-refractivity contribution in [3.8, 4) is 11.5 Å². The van der Waals surface area contributed by atoms with Gasteiger partial charge in [-0.15, -0.1) is 0 Å². The molecule has 0 saturated carbocycles. The maximum Gasteiger partial charge on any atom is 0.248 e. The Morgan fingerprint density at radius 1 is 1.03 bits per heavy atom. The van der Waals surface area contributed by atoms with Crippen molar-refractivity contribution in [1.29, 1.82) is 0 Å². The third kappa shape index (κ3) is 13.0. The molecule has 4 heterocycles. The highest BCUT2D eigenvalue weighted by atomic mass is 16.5. The number of H-pyrrole nitrogens is 1. The molecule has 2 aromatic carbocycles. The third-order valence-corrected chi connectivity index (χ3v) is 10.6. The number of hydrogen-bond acceptors (Lipinski definition) is 11. The van der Waals surface area contributed by atoms with E-state index in [1.165, 1.54) is 23.3 Å². The van der Waals surface area contributed by atoms with E-state index in [0.29, 0.717) is 62.3 Å². The molecule has 1 spiro atoms. The number of morpholine rings is 1. The molecule has 58 heavy (non-hydrogen) atoms. The summed E-state index contributed by atoms with van der Waals surface area (Å²) in [4.78, 5) is 38.4. The number of benzene rings is 2. The van der Waals surface area contributed by atoms with E-state index in [2.05, 4.69) is 49.4 Å². The summed E-state index contributed by atoms with van der Waals surface area (Å²) in [6.45, 7) is 17.9. The van der Waals surface area contributed by atoms with E-state index in [-0.39, 0.29) is 29.4 Å². The monoisotopic (exact) mass is 802 g/mol. The predicted octanol–water partition coefficient (Wildman–Crippen LogP) is 5.68. The van der Waals surface area contributed by atoms with Crippen LogP contribution in [0.25, 0.3) is 10.9 Å². The summed E-state index contributed by atoms with van der Waals surface area (Å²) in [5.41, 5.74) is 2.94. The van der Waals surface area contributed by atoms with Gasteiger partial charge in [0.1, 0.15) is 17.3 Å². The highest BCUT2D eigenvalue weighted by Crippen LogP contribution is 2.33. The van der Waals surface area contributed by atoms with Crippen LogP contribution in [0.3, 0.4) is 0 Å². The number of carbonyl (C=O) groups is 1. The molecule has 6 rings (SSSR count). The smallest absolute Gasteiger partial charge is 0.248 e. The molecule has 4 N–H and O–H groups in total. The van der Waals surface area contributed by atoms with Crippen molar-refractivity contribution in [3.05, 3.63) is 93.9 Å². The molecule has 0 bridgehead atoms. The molecule has 1 atom stereocenters. The number of pyridine rings is 2. The number of phenolic OH excluding ortho intramolecular Hbond substituents is 1.